The number of hydrogen-bond donors (Lipinski definition) is 0. The monoisotopic (exact) mass is 264 g/mol. The van der Waals surface area contributed by atoms with Crippen LogP contribution in [0.15, 0.2) is 18.2 Å². The topological polar surface area (TPSA) is 18.5 Å². The van der Waals surface area contributed by atoms with Crippen molar-refractivity contribution in [3.8, 4) is 5.75 Å². The molecule has 0 bridgehead atoms. The van der Waals surface area contributed by atoms with E-state index in [0.717, 1.165) is 18.8 Å². The van der Waals surface area contributed by atoms with Crippen LogP contribution in [0.4, 0.5) is 0 Å². The lowest BCUT2D eigenvalue weighted by Gasteiger charge is -2.15. The Labute approximate surface area is 118 Å². The first-order chi connectivity index (χ1) is 9.04. The van der Waals surface area contributed by atoms with Crippen LogP contribution in [0, 0.1) is 0 Å². The van der Waals surface area contributed by atoms with Crippen LogP contribution in [0.2, 0.25) is 0 Å². The Hall–Kier alpha value is -1.02. The highest BCUT2D eigenvalue weighted by atomic mass is 16.5. The van der Waals surface area contributed by atoms with Gasteiger partial charge in [0.2, 0.25) is 0 Å². The fraction of sp³-hybridized carbons (Fsp3) is 0.647. The highest BCUT2D eigenvalue weighted by Crippen LogP contribution is 2.27. The molecule has 0 unspecified atom stereocenters. The summed E-state index contributed by atoms with van der Waals surface area (Å²) in [5, 5.41) is 0. The van der Waals surface area contributed by atoms with Gasteiger partial charge in [0, 0.05) is 6.61 Å². The fourth-order valence-corrected chi connectivity index (χ4v) is 1.86. The molecule has 0 aromatic heterocycles. The Balaban J connectivity index is 2.65. The predicted octanol–water partition coefficient (Wildman–Crippen LogP) is 4.74. The minimum Gasteiger partial charge on any atom is -0.491 e. The Morgan fingerprint density at radius 2 is 1.42 bits per heavy atom. The maximum atomic E-state index is 5.81. The van der Waals surface area contributed by atoms with Gasteiger partial charge in [-0.15, -0.1) is 0 Å². The van der Waals surface area contributed by atoms with E-state index in [9.17, 15) is 0 Å². The zero-order chi connectivity index (χ0) is 14.3. The van der Waals surface area contributed by atoms with Gasteiger partial charge in [0.25, 0.3) is 0 Å². The molecule has 0 saturated carbocycles. The van der Waals surface area contributed by atoms with E-state index in [1.165, 1.54) is 11.1 Å². The van der Waals surface area contributed by atoms with Gasteiger partial charge in [-0.1, -0.05) is 40.7 Å². The SMILES string of the molecule is CCCOCCOc1cc(C(C)C)cc(C(C)C)c1. The molecule has 2 heteroatoms. The third-order valence-corrected chi connectivity index (χ3v) is 3.13. The molecule has 0 heterocycles. The van der Waals surface area contributed by atoms with Crippen molar-refractivity contribution in [1.82, 2.24) is 0 Å². The second-order valence-corrected chi connectivity index (χ2v) is 5.61. The molecule has 0 aliphatic rings. The molecule has 1 aromatic carbocycles. The van der Waals surface area contributed by atoms with Crippen LogP contribution in [-0.4, -0.2) is 19.8 Å². The maximum absolute atomic E-state index is 5.81. The quantitative estimate of drug-likeness (QED) is 0.631. The van der Waals surface area contributed by atoms with E-state index in [1.807, 2.05) is 0 Å². The van der Waals surface area contributed by atoms with E-state index in [2.05, 4.69) is 52.8 Å². The third-order valence-electron chi connectivity index (χ3n) is 3.13. The van der Waals surface area contributed by atoms with E-state index in [0.29, 0.717) is 25.0 Å². The molecule has 0 spiro atoms. The summed E-state index contributed by atoms with van der Waals surface area (Å²) in [5.74, 6) is 2.02. The van der Waals surface area contributed by atoms with Crippen LogP contribution < -0.4 is 4.74 Å². The van der Waals surface area contributed by atoms with Crippen molar-refractivity contribution < 1.29 is 9.47 Å². The summed E-state index contributed by atoms with van der Waals surface area (Å²) in [5.41, 5.74) is 2.69. The average Bonchev–Trinajstić information content (AvgIpc) is 2.38. The van der Waals surface area contributed by atoms with Gasteiger partial charge in [0.15, 0.2) is 0 Å². The van der Waals surface area contributed by atoms with Crippen molar-refractivity contribution in [2.75, 3.05) is 19.8 Å². The van der Waals surface area contributed by atoms with Crippen molar-refractivity contribution in [2.45, 2.75) is 52.9 Å². The summed E-state index contributed by atoms with van der Waals surface area (Å²) in [4.78, 5) is 0. The lowest BCUT2D eigenvalue weighted by atomic mass is 9.95. The molecular formula is C17H28O2. The molecule has 1 rings (SSSR count). The van der Waals surface area contributed by atoms with Crippen molar-refractivity contribution >= 4 is 0 Å². The van der Waals surface area contributed by atoms with Gasteiger partial charge in [-0.3, -0.25) is 0 Å². The zero-order valence-electron chi connectivity index (χ0n) is 13.0. The predicted molar refractivity (Wildman–Crippen MR) is 81.2 cm³/mol. The summed E-state index contributed by atoms with van der Waals surface area (Å²) >= 11 is 0. The third kappa shape index (κ3) is 5.65. The summed E-state index contributed by atoms with van der Waals surface area (Å²) in [6.07, 6.45) is 1.06. The summed E-state index contributed by atoms with van der Waals surface area (Å²) in [7, 11) is 0. The second kappa shape index (κ2) is 8.21. The first-order valence-electron chi connectivity index (χ1n) is 7.40. The molecule has 0 aliphatic heterocycles. The Kier molecular flexibility index (Phi) is 6.93. The average molecular weight is 264 g/mol. The molecular weight excluding hydrogens is 236 g/mol. The van der Waals surface area contributed by atoms with Gasteiger partial charge >= 0.3 is 0 Å². The summed E-state index contributed by atoms with van der Waals surface area (Å²) in [6, 6.07) is 6.59. The van der Waals surface area contributed by atoms with Gasteiger partial charge in [0.05, 0.1) is 6.61 Å². The molecule has 19 heavy (non-hydrogen) atoms. The van der Waals surface area contributed by atoms with Gasteiger partial charge in [0.1, 0.15) is 12.4 Å². The van der Waals surface area contributed by atoms with Crippen LogP contribution in [0.3, 0.4) is 0 Å². The highest BCUT2D eigenvalue weighted by Gasteiger charge is 2.07. The van der Waals surface area contributed by atoms with Crippen LogP contribution >= 0.6 is 0 Å². The van der Waals surface area contributed by atoms with Crippen LogP contribution in [0.1, 0.15) is 64.0 Å². The van der Waals surface area contributed by atoms with Crippen LogP contribution in [0.25, 0.3) is 0 Å². The van der Waals surface area contributed by atoms with Crippen LogP contribution in [-0.2, 0) is 4.74 Å². The summed E-state index contributed by atoms with van der Waals surface area (Å²) in [6.45, 7) is 13.1. The smallest absolute Gasteiger partial charge is 0.119 e. The molecule has 2 nitrogen and oxygen atoms in total. The first-order valence-corrected chi connectivity index (χ1v) is 7.40. The lowest BCUT2D eigenvalue weighted by molar-refractivity contribution is 0.101. The molecule has 0 saturated heterocycles. The maximum Gasteiger partial charge on any atom is 0.119 e. The number of benzene rings is 1. The van der Waals surface area contributed by atoms with E-state index in [-0.39, 0.29) is 0 Å². The Morgan fingerprint density at radius 1 is 0.842 bits per heavy atom. The molecule has 108 valence electrons. The lowest BCUT2D eigenvalue weighted by Crippen LogP contribution is -2.08. The van der Waals surface area contributed by atoms with Crippen molar-refractivity contribution in [2.24, 2.45) is 0 Å². The molecule has 1 aromatic rings. The largest absolute Gasteiger partial charge is 0.491 e. The Bertz CT molecular complexity index is 343. The van der Waals surface area contributed by atoms with E-state index in [4.69, 9.17) is 9.47 Å². The molecule has 0 amide bonds. The second-order valence-electron chi connectivity index (χ2n) is 5.61. The normalized spacial score (nSPS) is 11.3. The minimum absolute atomic E-state index is 0.525. The standard InChI is InChI=1S/C17H28O2/c1-6-7-18-8-9-19-17-11-15(13(2)3)10-16(12-17)14(4)5/h10-14H,6-9H2,1-5H3. The zero-order valence-corrected chi connectivity index (χ0v) is 13.0. The fourth-order valence-electron chi connectivity index (χ4n) is 1.86. The van der Waals surface area contributed by atoms with Gasteiger partial charge in [-0.2, -0.15) is 0 Å². The number of rotatable bonds is 8. The van der Waals surface area contributed by atoms with Gasteiger partial charge < -0.3 is 9.47 Å². The van der Waals surface area contributed by atoms with Gasteiger partial charge in [-0.25, -0.2) is 0 Å². The molecule has 0 fully saturated rings. The number of hydrogen-bond acceptors (Lipinski definition) is 2. The molecule has 0 aliphatic carbocycles. The van der Waals surface area contributed by atoms with Gasteiger partial charge in [-0.05, 0) is 41.5 Å². The van der Waals surface area contributed by atoms with E-state index in [1.54, 1.807) is 0 Å². The minimum atomic E-state index is 0.525. The van der Waals surface area contributed by atoms with E-state index < -0.39 is 0 Å². The van der Waals surface area contributed by atoms with Crippen molar-refractivity contribution in [1.29, 1.82) is 0 Å². The summed E-state index contributed by atoms with van der Waals surface area (Å²) < 4.78 is 11.2. The molecule has 0 N–H and O–H groups in total. The first kappa shape index (κ1) is 16.0. The number of ether oxygens (including phenoxy) is 2. The highest BCUT2D eigenvalue weighted by molar-refractivity contribution is 5.37. The molecule has 0 radical (unpaired) electrons. The van der Waals surface area contributed by atoms with E-state index >= 15 is 0 Å². The van der Waals surface area contributed by atoms with Crippen molar-refractivity contribution in [3.63, 3.8) is 0 Å². The van der Waals surface area contributed by atoms with Crippen LogP contribution in [0.5, 0.6) is 5.75 Å². The Morgan fingerprint density at radius 3 is 1.89 bits per heavy atom. The van der Waals surface area contributed by atoms with Crippen molar-refractivity contribution in [3.05, 3.63) is 29.3 Å². The molecule has 0 atom stereocenters.